The lowest BCUT2D eigenvalue weighted by atomic mass is 9.44. The van der Waals surface area contributed by atoms with Gasteiger partial charge in [0.2, 0.25) is 11.8 Å². The molecule has 3 aliphatic heterocycles. The van der Waals surface area contributed by atoms with E-state index in [0.717, 1.165) is 69.8 Å². The van der Waals surface area contributed by atoms with Crippen LogP contribution in [0.5, 0.6) is 0 Å². The molecule has 8 heteroatoms. The standard InChI is InChI=1S/C36H60N4O4/c1-23-8-13-36(43-21-23)24(2)33-30(44-36)19-29-27-7-6-25-18-26(9-11-34(25,3)28(27)10-12-35(29,33)4)38-32(42)20-31(41)37-22-40-16-14-39(5)15-17-40/h23-30,33H,6-22H2,1-5H3,(H,37,41)(H,38,42)/t23-,24+,25+,26-,27-,28+,29+,30+,33+,34+,35+,36-/m1/s1. The van der Waals surface area contributed by atoms with E-state index in [1.807, 2.05) is 0 Å². The maximum atomic E-state index is 12.9. The van der Waals surface area contributed by atoms with Crippen molar-refractivity contribution in [3.8, 4) is 0 Å². The van der Waals surface area contributed by atoms with E-state index in [4.69, 9.17) is 9.47 Å². The van der Waals surface area contributed by atoms with E-state index in [-0.39, 0.29) is 30.1 Å². The van der Waals surface area contributed by atoms with Crippen LogP contribution in [0.3, 0.4) is 0 Å². The van der Waals surface area contributed by atoms with Gasteiger partial charge in [-0.05, 0) is 111 Å². The molecule has 44 heavy (non-hydrogen) atoms. The molecule has 3 saturated heterocycles. The first kappa shape index (κ1) is 31.4. The molecule has 12 atom stereocenters. The summed E-state index contributed by atoms with van der Waals surface area (Å²) < 4.78 is 13.5. The molecule has 4 aliphatic carbocycles. The van der Waals surface area contributed by atoms with Gasteiger partial charge in [0.15, 0.2) is 5.79 Å². The Morgan fingerprint density at radius 2 is 1.64 bits per heavy atom. The van der Waals surface area contributed by atoms with Crippen LogP contribution in [0.15, 0.2) is 0 Å². The van der Waals surface area contributed by atoms with Gasteiger partial charge < -0.3 is 25.0 Å². The smallest absolute Gasteiger partial charge is 0.230 e. The molecule has 2 N–H and O–H groups in total. The van der Waals surface area contributed by atoms with Crippen LogP contribution >= 0.6 is 0 Å². The third-order valence-corrected chi connectivity index (χ3v) is 14.7. The van der Waals surface area contributed by atoms with Crippen molar-refractivity contribution in [1.82, 2.24) is 20.4 Å². The minimum absolute atomic E-state index is 0.0642. The van der Waals surface area contributed by atoms with E-state index in [1.165, 1.54) is 44.9 Å². The Morgan fingerprint density at radius 3 is 2.39 bits per heavy atom. The second kappa shape index (κ2) is 11.8. The summed E-state index contributed by atoms with van der Waals surface area (Å²) in [6.45, 7) is 15.3. The normalized spacial score (nSPS) is 49.1. The second-order valence-corrected chi connectivity index (χ2v) is 17.1. The number of hydrogen-bond donors (Lipinski definition) is 2. The molecule has 7 aliphatic rings. The Kier molecular flexibility index (Phi) is 8.41. The first-order valence-corrected chi connectivity index (χ1v) is 18.3. The fraction of sp³-hybridized carbons (Fsp3) is 0.944. The average Bonchev–Trinajstić information content (AvgIpc) is 3.44. The van der Waals surface area contributed by atoms with Crippen LogP contribution in [0, 0.1) is 52.3 Å². The Morgan fingerprint density at radius 1 is 0.864 bits per heavy atom. The fourth-order valence-corrected chi connectivity index (χ4v) is 12.1. The zero-order chi connectivity index (χ0) is 30.9. The minimum atomic E-state index is -0.329. The molecule has 3 heterocycles. The zero-order valence-electron chi connectivity index (χ0n) is 28.2. The topological polar surface area (TPSA) is 83.1 Å². The predicted octanol–water partition coefficient (Wildman–Crippen LogP) is 4.63. The lowest BCUT2D eigenvalue weighted by Gasteiger charge is -2.61. The molecule has 1 spiro atoms. The van der Waals surface area contributed by atoms with E-state index in [1.54, 1.807) is 0 Å². The molecule has 248 valence electrons. The van der Waals surface area contributed by atoms with Gasteiger partial charge in [0.1, 0.15) is 6.42 Å². The molecule has 0 aromatic rings. The zero-order valence-corrected chi connectivity index (χ0v) is 28.2. The molecule has 0 radical (unpaired) electrons. The third-order valence-electron chi connectivity index (χ3n) is 14.7. The first-order chi connectivity index (χ1) is 21.0. The van der Waals surface area contributed by atoms with Gasteiger partial charge in [-0.1, -0.05) is 27.7 Å². The van der Waals surface area contributed by atoms with Crippen molar-refractivity contribution in [3.63, 3.8) is 0 Å². The summed E-state index contributed by atoms with van der Waals surface area (Å²) in [4.78, 5) is 30.0. The number of piperazine rings is 1. The molecule has 0 aromatic carbocycles. The summed E-state index contributed by atoms with van der Waals surface area (Å²) in [5.41, 5.74) is 0.722. The van der Waals surface area contributed by atoms with E-state index in [0.29, 0.717) is 47.3 Å². The lowest BCUT2D eigenvalue weighted by Crippen LogP contribution is -2.56. The van der Waals surface area contributed by atoms with Crippen LogP contribution in [0.1, 0.15) is 98.3 Å². The number of nitrogens with zero attached hydrogens (tertiary/aromatic N) is 2. The molecular weight excluding hydrogens is 552 g/mol. The fourth-order valence-electron chi connectivity index (χ4n) is 12.1. The number of likely N-dealkylation sites (N-methyl/N-ethyl adjacent to an activating group) is 1. The number of rotatable bonds is 5. The van der Waals surface area contributed by atoms with Gasteiger partial charge in [-0.2, -0.15) is 0 Å². The summed E-state index contributed by atoms with van der Waals surface area (Å²) in [6, 6.07) is 0.200. The van der Waals surface area contributed by atoms with Gasteiger partial charge in [0, 0.05) is 44.6 Å². The molecule has 0 aromatic heterocycles. The second-order valence-electron chi connectivity index (χ2n) is 17.1. The van der Waals surface area contributed by atoms with Crippen LogP contribution in [0.4, 0.5) is 0 Å². The summed E-state index contributed by atoms with van der Waals surface area (Å²) in [6.07, 6.45) is 12.4. The Bertz CT molecular complexity index is 1090. The van der Waals surface area contributed by atoms with Crippen LogP contribution in [-0.4, -0.2) is 86.0 Å². The Labute approximate surface area is 266 Å². The Balaban J connectivity index is 0.927. The highest BCUT2D eigenvalue weighted by Gasteiger charge is 2.69. The third kappa shape index (κ3) is 5.35. The maximum Gasteiger partial charge on any atom is 0.230 e. The highest BCUT2D eigenvalue weighted by Crippen LogP contribution is 2.71. The number of nitrogens with one attached hydrogen (secondary N) is 2. The van der Waals surface area contributed by atoms with Crippen LogP contribution in [0.2, 0.25) is 0 Å². The van der Waals surface area contributed by atoms with Crippen molar-refractivity contribution < 1.29 is 19.1 Å². The van der Waals surface area contributed by atoms with Crippen LogP contribution in [-0.2, 0) is 19.1 Å². The summed E-state index contributed by atoms with van der Waals surface area (Å²) in [7, 11) is 2.13. The van der Waals surface area contributed by atoms with Crippen LogP contribution in [0.25, 0.3) is 0 Å². The number of carbonyl (C=O) groups excluding carboxylic acids is 2. The van der Waals surface area contributed by atoms with E-state index < -0.39 is 0 Å². The quantitative estimate of drug-likeness (QED) is 0.441. The molecule has 2 amide bonds. The summed E-state index contributed by atoms with van der Waals surface area (Å²) in [5.74, 6) is 4.15. The number of fused-ring (bicyclic) bond motifs is 7. The lowest BCUT2D eigenvalue weighted by molar-refractivity contribution is -0.273. The van der Waals surface area contributed by atoms with Crippen molar-refractivity contribution in [2.24, 2.45) is 52.3 Å². The van der Waals surface area contributed by atoms with E-state index in [2.05, 4.69) is 55.2 Å². The molecule has 7 fully saturated rings. The molecule has 7 rings (SSSR count). The summed E-state index contributed by atoms with van der Waals surface area (Å²) >= 11 is 0. The average molecular weight is 613 g/mol. The Hall–Kier alpha value is -1.22. The van der Waals surface area contributed by atoms with Crippen LogP contribution < -0.4 is 10.6 Å². The van der Waals surface area contributed by atoms with Gasteiger partial charge in [-0.25, -0.2) is 0 Å². The van der Waals surface area contributed by atoms with Gasteiger partial charge in [-0.3, -0.25) is 14.5 Å². The largest absolute Gasteiger partial charge is 0.353 e. The molecular formula is C36H60N4O4. The van der Waals surface area contributed by atoms with Gasteiger partial charge >= 0.3 is 0 Å². The van der Waals surface area contributed by atoms with Gasteiger partial charge in [0.25, 0.3) is 0 Å². The van der Waals surface area contributed by atoms with E-state index in [9.17, 15) is 9.59 Å². The SMILES string of the molecule is C[C@@H]1CC[C@@]2(OC1)O[C@H]1C[C@H]3[C@@H]4CC[C@H]5C[C@H](NC(=O)CC(=O)NCN6CCN(C)CC6)CC[C@]5(C)[C@H]4CC[C@]3(C)[C@H]1[C@@H]2C. The van der Waals surface area contributed by atoms with Gasteiger partial charge in [-0.15, -0.1) is 0 Å². The molecule has 0 unspecified atom stereocenters. The van der Waals surface area contributed by atoms with E-state index >= 15 is 0 Å². The van der Waals surface area contributed by atoms with Crippen molar-refractivity contribution in [2.45, 2.75) is 116 Å². The maximum absolute atomic E-state index is 12.9. The predicted molar refractivity (Wildman–Crippen MR) is 170 cm³/mol. The number of amides is 2. The number of hydrogen-bond acceptors (Lipinski definition) is 6. The van der Waals surface area contributed by atoms with Crippen molar-refractivity contribution in [1.29, 1.82) is 0 Å². The minimum Gasteiger partial charge on any atom is -0.353 e. The summed E-state index contributed by atoms with van der Waals surface area (Å²) in [5, 5.41) is 6.24. The number of ether oxygens (including phenoxy) is 2. The number of carbonyl (C=O) groups is 2. The van der Waals surface area contributed by atoms with Crippen molar-refractivity contribution in [3.05, 3.63) is 0 Å². The first-order valence-electron chi connectivity index (χ1n) is 18.3. The molecule has 4 saturated carbocycles. The monoisotopic (exact) mass is 612 g/mol. The molecule has 0 bridgehead atoms. The van der Waals surface area contributed by atoms with Gasteiger partial charge in [0.05, 0.1) is 19.4 Å². The van der Waals surface area contributed by atoms with Crippen molar-refractivity contribution >= 4 is 11.8 Å². The highest BCUT2D eigenvalue weighted by molar-refractivity contribution is 5.96. The van der Waals surface area contributed by atoms with Crippen molar-refractivity contribution in [2.75, 3.05) is 46.5 Å². The highest BCUT2D eigenvalue weighted by atomic mass is 16.7. The molecule has 8 nitrogen and oxygen atoms in total.